The van der Waals surface area contributed by atoms with Crippen molar-refractivity contribution < 1.29 is 14.3 Å². The summed E-state index contributed by atoms with van der Waals surface area (Å²) in [4.78, 5) is 15.2. The molecule has 0 bridgehead atoms. The molecule has 0 atom stereocenters. The molecule has 0 aliphatic rings. The van der Waals surface area contributed by atoms with Crippen molar-refractivity contribution in [3.05, 3.63) is 27.4 Å². The van der Waals surface area contributed by atoms with E-state index in [0.29, 0.717) is 21.1 Å². The van der Waals surface area contributed by atoms with Crippen molar-refractivity contribution in [2.45, 2.75) is 6.92 Å². The molecule has 2 aromatic rings. The number of rotatable bonds is 2. The van der Waals surface area contributed by atoms with Gasteiger partial charge in [0.15, 0.2) is 15.4 Å². The van der Waals surface area contributed by atoms with E-state index in [2.05, 4.69) is 20.9 Å². The summed E-state index contributed by atoms with van der Waals surface area (Å²) in [5.74, 6) is -0.385. The third-order valence-electron chi connectivity index (χ3n) is 1.77. The summed E-state index contributed by atoms with van der Waals surface area (Å²) in [7, 11) is 0. The van der Waals surface area contributed by atoms with Crippen molar-refractivity contribution in [1.82, 2.24) is 4.98 Å². The molecule has 1 N–H and O–H groups in total. The van der Waals surface area contributed by atoms with E-state index in [9.17, 15) is 4.79 Å². The van der Waals surface area contributed by atoms with Crippen LogP contribution in [0.2, 0.25) is 0 Å². The standard InChI is InChI=1S/C9H6BrNO3S/c1-4-7(9(12)13)15-8(11-4)5-2-3-6(10)14-5/h2-3H,1H3,(H,12,13). The highest BCUT2D eigenvalue weighted by Crippen LogP contribution is 2.30. The molecule has 0 amide bonds. The van der Waals surface area contributed by atoms with Crippen molar-refractivity contribution in [1.29, 1.82) is 0 Å². The van der Waals surface area contributed by atoms with Crippen molar-refractivity contribution in [2.75, 3.05) is 0 Å². The van der Waals surface area contributed by atoms with Gasteiger partial charge in [-0.1, -0.05) is 0 Å². The summed E-state index contributed by atoms with van der Waals surface area (Å²) in [6.07, 6.45) is 0. The van der Waals surface area contributed by atoms with Crippen LogP contribution in [-0.4, -0.2) is 16.1 Å². The third kappa shape index (κ3) is 1.95. The number of aromatic nitrogens is 1. The van der Waals surface area contributed by atoms with Gasteiger partial charge in [-0.25, -0.2) is 9.78 Å². The van der Waals surface area contributed by atoms with Crippen molar-refractivity contribution in [2.24, 2.45) is 0 Å². The van der Waals surface area contributed by atoms with E-state index in [0.717, 1.165) is 11.3 Å². The monoisotopic (exact) mass is 287 g/mol. The largest absolute Gasteiger partial charge is 0.477 e. The van der Waals surface area contributed by atoms with E-state index >= 15 is 0 Å². The first kappa shape index (κ1) is 10.4. The predicted octanol–water partition coefficient (Wildman–Crippen LogP) is 3.17. The van der Waals surface area contributed by atoms with Gasteiger partial charge in [0.05, 0.1) is 5.69 Å². The lowest BCUT2D eigenvalue weighted by Crippen LogP contribution is -1.94. The number of carboxylic acid groups (broad SMARTS) is 1. The smallest absolute Gasteiger partial charge is 0.347 e. The maximum absolute atomic E-state index is 10.8. The Morgan fingerprint density at radius 2 is 2.33 bits per heavy atom. The molecule has 6 heteroatoms. The Hall–Kier alpha value is -1.14. The molecular formula is C9H6BrNO3S. The summed E-state index contributed by atoms with van der Waals surface area (Å²) in [5, 5.41) is 9.44. The number of aromatic carboxylic acids is 1. The van der Waals surface area contributed by atoms with Gasteiger partial charge in [0, 0.05) is 0 Å². The van der Waals surface area contributed by atoms with E-state index in [1.54, 1.807) is 19.1 Å². The Morgan fingerprint density at radius 1 is 1.60 bits per heavy atom. The van der Waals surface area contributed by atoms with Gasteiger partial charge < -0.3 is 9.52 Å². The fourth-order valence-electron chi connectivity index (χ4n) is 1.13. The maximum atomic E-state index is 10.8. The first-order valence-corrected chi connectivity index (χ1v) is 5.65. The number of carboxylic acids is 1. The number of nitrogens with zero attached hydrogens (tertiary/aromatic N) is 1. The molecule has 2 aromatic heterocycles. The molecule has 0 spiro atoms. The zero-order valence-electron chi connectivity index (χ0n) is 7.65. The number of thiazole rings is 1. The molecule has 0 unspecified atom stereocenters. The van der Waals surface area contributed by atoms with Crippen LogP contribution in [-0.2, 0) is 0 Å². The Morgan fingerprint density at radius 3 is 2.80 bits per heavy atom. The van der Waals surface area contributed by atoms with E-state index in [1.165, 1.54) is 0 Å². The van der Waals surface area contributed by atoms with Crippen LogP contribution in [0.5, 0.6) is 0 Å². The molecule has 78 valence electrons. The second-order valence-corrected chi connectivity index (χ2v) is 4.62. The highest BCUT2D eigenvalue weighted by atomic mass is 79.9. The van der Waals surface area contributed by atoms with Crippen molar-refractivity contribution in [3.63, 3.8) is 0 Å². The molecule has 0 aromatic carbocycles. The molecule has 0 aliphatic carbocycles. The Bertz CT molecular complexity index is 517. The average Bonchev–Trinajstić information content (AvgIpc) is 2.71. The summed E-state index contributed by atoms with van der Waals surface area (Å²) in [6, 6.07) is 3.49. The van der Waals surface area contributed by atoms with E-state index in [1.807, 2.05) is 0 Å². The van der Waals surface area contributed by atoms with Crippen LogP contribution in [0.25, 0.3) is 10.8 Å². The normalized spacial score (nSPS) is 10.5. The lowest BCUT2D eigenvalue weighted by atomic mass is 10.4. The molecule has 0 saturated heterocycles. The molecule has 0 aliphatic heterocycles. The van der Waals surface area contributed by atoms with Crippen molar-refractivity contribution in [3.8, 4) is 10.8 Å². The van der Waals surface area contributed by atoms with Gasteiger partial charge in [-0.15, -0.1) is 11.3 Å². The SMILES string of the molecule is Cc1nc(-c2ccc(Br)o2)sc1C(=O)O. The van der Waals surface area contributed by atoms with E-state index < -0.39 is 5.97 Å². The lowest BCUT2D eigenvalue weighted by Gasteiger charge is -1.86. The van der Waals surface area contributed by atoms with Crippen LogP contribution in [0.4, 0.5) is 0 Å². The maximum Gasteiger partial charge on any atom is 0.347 e. The van der Waals surface area contributed by atoms with Crippen LogP contribution >= 0.6 is 27.3 Å². The quantitative estimate of drug-likeness (QED) is 0.921. The zero-order valence-corrected chi connectivity index (χ0v) is 10.1. The molecule has 2 rings (SSSR count). The topological polar surface area (TPSA) is 63.3 Å². The van der Waals surface area contributed by atoms with Gasteiger partial charge in [0.2, 0.25) is 0 Å². The summed E-state index contributed by atoms with van der Waals surface area (Å²) < 4.78 is 5.89. The Labute approximate surface area is 97.7 Å². The number of hydrogen-bond donors (Lipinski definition) is 1. The van der Waals surface area contributed by atoms with Gasteiger partial charge >= 0.3 is 5.97 Å². The minimum absolute atomic E-state index is 0.248. The fourth-order valence-corrected chi connectivity index (χ4v) is 2.30. The van der Waals surface area contributed by atoms with E-state index in [-0.39, 0.29) is 4.88 Å². The second kappa shape index (κ2) is 3.79. The van der Waals surface area contributed by atoms with Crippen LogP contribution in [0.3, 0.4) is 0 Å². The summed E-state index contributed by atoms with van der Waals surface area (Å²) in [5.41, 5.74) is 0.509. The number of hydrogen-bond acceptors (Lipinski definition) is 4. The van der Waals surface area contributed by atoms with Gasteiger partial charge in [-0.05, 0) is 35.0 Å². The molecular weight excluding hydrogens is 282 g/mol. The number of carbonyl (C=O) groups is 1. The summed E-state index contributed by atoms with van der Waals surface area (Å²) in [6.45, 7) is 1.67. The Balaban J connectivity index is 2.46. The minimum Gasteiger partial charge on any atom is -0.477 e. The molecule has 0 saturated carbocycles. The number of furan rings is 1. The van der Waals surface area contributed by atoms with Crippen LogP contribution < -0.4 is 0 Å². The number of aryl methyl sites for hydroxylation is 1. The van der Waals surface area contributed by atoms with E-state index in [4.69, 9.17) is 9.52 Å². The first-order valence-electron chi connectivity index (χ1n) is 4.04. The zero-order chi connectivity index (χ0) is 11.0. The molecule has 2 heterocycles. The molecule has 0 radical (unpaired) electrons. The van der Waals surface area contributed by atoms with Gasteiger partial charge in [-0.3, -0.25) is 0 Å². The van der Waals surface area contributed by atoms with Gasteiger partial charge in [0.1, 0.15) is 4.88 Å². The fraction of sp³-hybridized carbons (Fsp3) is 0.111. The summed E-state index contributed by atoms with van der Waals surface area (Å²) >= 11 is 4.29. The molecule has 0 fully saturated rings. The van der Waals surface area contributed by atoms with Gasteiger partial charge in [0.25, 0.3) is 0 Å². The molecule has 4 nitrogen and oxygen atoms in total. The average molecular weight is 288 g/mol. The predicted molar refractivity (Wildman–Crippen MR) is 59.2 cm³/mol. The highest BCUT2D eigenvalue weighted by molar-refractivity contribution is 9.10. The van der Waals surface area contributed by atoms with Crippen LogP contribution in [0.1, 0.15) is 15.4 Å². The van der Waals surface area contributed by atoms with Crippen LogP contribution in [0, 0.1) is 6.92 Å². The first-order chi connectivity index (χ1) is 7.08. The minimum atomic E-state index is -0.957. The van der Waals surface area contributed by atoms with Crippen LogP contribution in [0.15, 0.2) is 21.2 Å². The highest BCUT2D eigenvalue weighted by Gasteiger charge is 2.16. The second-order valence-electron chi connectivity index (χ2n) is 2.84. The molecule has 15 heavy (non-hydrogen) atoms. The number of halogens is 1. The van der Waals surface area contributed by atoms with Crippen molar-refractivity contribution >= 4 is 33.2 Å². The third-order valence-corrected chi connectivity index (χ3v) is 3.36. The lowest BCUT2D eigenvalue weighted by molar-refractivity contribution is 0.0701. The van der Waals surface area contributed by atoms with Gasteiger partial charge in [-0.2, -0.15) is 0 Å². The Kier molecular flexibility index (Phi) is 2.62.